The van der Waals surface area contributed by atoms with Gasteiger partial charge in [0.25, 0.3) is 0 Å². The summed E-state index contributed by atoms with van der Waals surface area (Å²) in [6.07, 6.45) is 0. The summed E-state index contributed by atoms with van der Waals surface area (Å²) in [6.45, 7) is 10.8. The van der Waals surface area contributed by atoms with Crippen molar-refractivity contribution in [1.82, 2.24) is 0 Å². The van der Waals surface area contributed by atoms with E-state index in [9.17, 15) is 0 Å². The Hall–Kier alpha value is 1.16. The van der Waals surface area contributed by atoms with E-state index < -0.39 is 0 Å². The molecule has 0 spiro atoms. The first kappa shape index (κ1) is 33.7. The monoisotopic (exact) mass is 603 g/mol. The maximum atomic E-state index is 6.94. The molecular formula is C18H26Cl2INSSiZr-4. The molecule has 142 valence electrons. The van der Waals surface area contributed by atoms with Gasteiger partial charge in [0.1, 0.15) is 0 Å². The Labute approximate surface area is 200 Å². The fraction of sp³-hybridized carbons (Fsp3) is 0.278. The third-order valence-corrected chi connectivity index (χ3v) is 4.48. The fourth-order valence-electron chi connectivity index (χ4n) is 1.87. The molecule has 1 heterocycles. The van der Waals surface area contributed by atoms with Crippen LogP contribution in [0, 0.1) is 25.3 Å². The first-order valence-corrected chi connectivity index (χ1v) is 12.6. The molecule has 1 aromatic heterocycles. The van der Waals surface area contributed by atoms with Gasteiger partial charge in [-0.1, -0.05) is 78.6 Å². The molecule has 7 heteroatoms. The SMILES string of the molecule is CC(C)(C)[NH-].Cc1cc2sc3cccc(I)c3c2[cH-]1.Cl.Cl.[CH3-].[CH3-].[Si]=[Zr]. The molecule has 0 amide bonds. The minimum atomic E-state index is -0.250. The van der Waals surface area contributed by atoms with Gasteiger partial charge in [0, 0.05) is 0 Å². The van der Waals surface area contributed by atoms with Crippen LogP contribution in [0.5, 0.6) is 0 Å². The number of aryl methyl sites for hydroxylation is 1. The molecule has 0 unspecified atom stereocenters. The second-order valence-electron chi connectivity index (χ2n) is 5.78. The number of nitrogens with one attached hydrogen (secondary N) is 1. The van der Waals surface area contributed by atoms with Crippen molar-refractivity contribution in [3.05, 3.63) is 60.1 Å². The van der Waals surface area contributed by atoms with Crippen LogP contribution in [0.3, 0.4) is 0 Å². The molecule has 0 aliphatic carbocycles. The molecule has 2 aromatic carbocycles. The maximum absolute atomic E-state index is 6.94. The Kier molecular flexibility index (Phi) is 20.4. The third-order valence-electron chi connectivity index (χ3n) is 2.46. The number of hydrogen-bond acceptors (Lipinski definition) is 1. The summed E-state index contributed by atoms with van der Waals surface area (Å²) in [7, 11) is 0. The van der Waals surface area contributed by atoms with Crippen molar-refractivity contribution in [3.8, 4) is 0 Å². The molecule has 1 nitrogen and oxygen atoms in total. The predicted octanol–water partition coefficient (Wildman–Crippen LogP) is 7.88. The van der Waals surface area contributed by atoms with Crippen LogP contribution in [0.4, 0.5) is 0 Å². The van der Waals surface area contributed by atoms with Crippen LogP contribution in [0.2, 0.25) is 0 Å². The summed E-state index contributed by atoms with van der Waals surface area (Å²) >= 11 is 5.67. The van der Waals surface area contributed by atoms with Crippen LogP contribution in [0.25, 0.3) is 25.9 Å². The summed E-state index contributed by atoms with van der Waals surface area (Å²) in [4.78, 5) is 0. The number of benzene rings is 1. The summed E-state index contributed by atoms with van der Waals surface area (Å²) in [6, 6.07) is 11.1. The van der Waals surface area contributed by atoms with Gasteiger partial charge in [-0.25, -0.2) is 11.3 Å². The fourth-order valence-corrected chi connectivity index (χ4v) is 4.07. The second kappa shape index (κ2) is 15.1. The van der Waals surface area contributed by atoms with Gasteiger partial charge in [0.15, 0.2) is 0 Å². The Morgan fingerprint density at radius 2 is 1.60 bits per heavy atom. The molecule has 0 aliphatic heterocycles. The Balaban J connectivity index is -0.000000178. The normalized spacial score (nSPS) is 9.00. The zero-order valence-electron chi connectivity index (χ0n) is 15.5. The van der Waals surface area contributed by atoms with Crippen LogP contribution in [0.1, 0.15) is 26.3 Å². The van der Waals surface area contributed by atoms with Crippen molar-refractivity contribution in [3.63, 3.8) is 0 Å². The molecule has 3 rings (SSSR count). The average Bonchev–Trinajstić information content (AvgIpc) is 2.85. The number of fused-ring (bicyclic) bond motifs is 3. The van der Waals surface area contributed by atoms with Crippen LogP contribution < -0.4 is 0 Å². The molecular weight excluding hydrogens is 579 g/mol. The standard InChI is InChI=1S/C12H8IS.C4H10N.2CH3.2ClH.Si.Zr/c1-7-5-8-11(6-7)14-10-4-2-3-9(13)12(8)10;1-4(2,3)5;;;;;;/h2-6H,1H3;5H,1-3H3;2*1H3;2*1H;;/q4*-1;;;;. The predicted molar refractivity (Wildman–Crippen MR) is 130 cm³/mol. The van der Waals surface area contributed by atoms with Gasteiger partial charge in [-0.2, -0.15) is 6.07 Å². The molecule has 0 saturated heterocycles. The number of thiophene rings is 1. The van der Waals surface area contributed by atoms with Gasteiger partial charge in [-0.3, -0.25) is 0 Å². The summed E-state index contributed by atoms with van der Waals surface area (Å²) in [5.74, 6) is 0. The van der Waals surface area contributed by atoms with E-state index in [0.717, 1.165) is 0 Å². The molecule has 25 heavy (non-hydrogen) atoms. The second-order valence-corrected chi connectivity index (χ2v) is 8.02. The van der Waals surface area contributed by atoms with Gasteiger partial charge < -0.3 is 20.6 Å². The van der Waals surface area contributed by atoms with Crippen LogP contribution in [-0.4, -0.2) is 12.4 Å². The molecule has 3 aromatic rings. The van der Waals surface area contributed by atoms with Gasteiger partial charge in [-0.05, 0) is 8.27 Å². The zero-order chi connectivity index (χ0) is 16.2. The van der Waals surface area contributed by atoms with Gasteiger partial charge >= 0.3 is 30.2 Å². The molecule has 2 radical (unpaired) electrons. The molecule has 0 saturated carbocycles. The number of hydrogen-bond donors (Lipinski definition) is 0. The van der Waals surface area contributed by atoms with Gasteiger partial charge in [0.2, 0.25) is 0 Å². The molecule has 0 fully saturated rings. The van der Waals surface area contributed by atoms with E-state index >= 15 is 0 Å². The van der Waals surface area contributed by atoms with E-state index in [-0.39, 0.29) is 45.2 Å². The number of halogens is 3. The van der Waals surface area contributed by atoms with Crippen molar-refractivity contribution in [2.75, 3.05) is 0 Å². The summed E-state index contributed by atoms with van der Waals surface area (Å²) in [5, 5.41) is 2.86. The Bertz CT molecular complexity index is 732. The first-order chi connectivity index (χ1) is 9.75. The van der Waals surface area contributed by atoms with Crippen LogP contribution >= 0.6 is 58.7 Å². The molecule has 0 atom stereocenters. The van der Waals surface area contributed by atoms with Crippen molar-refractivity contribution in [2.45, 2.75) is 33.2 Å². The topological polar surface area (TPSA) is 23.8 Å². The number of rotatable bonds is 0. The van der Waals surface area contributed by atoms with E-state index in [4.69, 9.17) is 5.73 Å². The summed E-state index contributed by atoms with van der Waals surface area (Å²) in [5.41, 5.74) is 8.06. The molecule has 1 N–H and O–H groups in total. The Morgan fingerprint density at radius 1 is 1.12 bits per heavy atom. The van der Waals surface area contributed by atoms with Crippen molar-refractivity contribution >= 4 is 85.8 Å². The van der Waals surface area contributed by atoms with Crippen molar-refractivity contribution in [1.29, 1.82) is 0 Å². The van der Waals surface area contributed by atoms with E-state index in [0.29, 0.717) is 0 Å². The quantitative estimate of drug-likeness (QED) is 0.142. The van der Waals surface area contributed by atoms with E-state index in [2.05, 4.69) is 66.7 Å². The average molecular weight is 606 g/mol. The van der Waals surface area contributed by atoms with Gasteiger partial charge in [-0.15, -0.1) is 47.4 Å². The minimum absolute atomic E-state index is 0. The zero-order valence-corrected chi connectivity index (χ0v) is 23.6. The third kappa shape index (κ3) is 10.9. The van der Waals surface area contributed by atoms with Crippen LogP contribution in [0.15, 0.2) is 30.3 Å². The van der Waals surface area contributed by atoms with E-state index in [1.165, 1.54) is 52.6 Å². The van der Waals surface area contributed by atoms with Crippen LogP contribution in [-0.2, 0) is 23.3 Å². The van der Waals surface area contributed by atoms with Gasteiger partial charge in [0.05, 0.1) is 0 Å². The van der Waals surface area contributed by atoms with E-state index in [1.54, 1.807) is 0 Å². The van der Waals surface area contributed by atoms with Crippen molar-refractivity contribution < 1.29 is 23.3 Å². The summed E-state index contributed by atoms with van der Waals surface area (Å²) < 4.78 is 4.18. The first-order valence-electron chi connectivity index (χ1n) is 6.50. The van der Waals surface area contributed by atoms with E-state index in [1.807, 2.05) is 32.1 Å². The molecule has 0 aliphatic rings. The van der Waals surface area contributed by atoms with Crippen molar-refractivity contribution in [2.24, 2.45) is 0 Å². The molecule has 0 bridgehead atoms. The Morgan fingerprint density at radius 3 is 2.08 bits per heavy atom.